The molecule has 0 bridgehead atoms. The van der Waals surface area contributed by atoms with Crippen LogP contribution in [0.15, 0.2) is 41.8 Å². The van der Waals surface area contributed by atoms with Gasteiger partial charge in [-0.1, -0.05) is 12.1 Å². The van der Waals surface area contributed by atoms with Crippen molar-refractivity contribution < 1.29 is 18.0 Å². The Kier molecular flexibility index (Phi) is 5.30. The topological polar surface area (TPSA) is 32.3 Å². The molecular formula is C16H17F3N2OS. The fraction of sp³-hybridized carbons (Fsp3) is 0.312. The molecule has 0 aliphatic carbocycles. The van der Waals surface area contributed by atoms with Crippen LogP contribution in [0.3, 0.4) is 0 Å². The summed E-state index contributed by atoms with van der Waals surface area (Å²) in [6.45, 7) is 1.85. The summed E-state index contributed by atoms with van der Waals surface area (Å²) in [7, 11) is 1.68. The molecule has 0 aliphatic heterocycles. The molecule has 0 radical (unpaired) electrons. The maximum Gasteiger partial charge on any atom is 0.416 e. The van der Waals surface area contributed by atoms with Gasteiger partial charge in [-0.15, -0.1) is 11.3 Å². The lowest BCUT2D eigenvalue weighted by Crippen LogP contribution is -2.34. The van der Waals surface area contributed by atoms with Gasteiger partial charge in [0, 0.05) is 17.6 Å². The lowest BCUT2D eigenvalue weighted by molar-refractivity contribution is -0.137. The van der Waals surface area contributed by atoms with Crippen LogP contribution in [0.1, 0.15) is 23.4 Å². The molecule has 7 heteroatoms. The van der Waals surface area contributed by atoms with E-state index in [9.17, 15) is 18.0 Å². The molecule has 0 fully saturated rings. The van der Waals surface area contributed by atoms with E-state index in [2.05, 4.69) is 5.32 Å². The molecule has 3 nitrogen and oxygen atoms in total. The van der Waals surface area contributed by atoms with Crippen LogP contribution in [-0.4, -0.2) is 24.4 Å². The van der Waals surface area contributed by atoms with E-state index in [1.165, 1.54) is 12.1 Å². The number of likely N-dealkylation sites (N-methyl/N-ethyl adjacent to an activating group) is 1. The van der Waals surface area contributed by atoms with Gasteiger partial charge >= 0.3 is 6.18 Å². The summed E-state index contributed by atoms with van der Waals surface area (Å²) in [5.41, 5.74) is -0.472. The molecule has 124 valence electrons. The summed E-state index contributed by atoms with van der Waals surface area (Å²) in [6, 6.07) is 8.59. The number of nitrogens with one attached hydrogen (secondary N) is 1. The lowest BCUT2D eigenvalue weighted by Gasteiger charge is -2.24. The van der Waals surface area contributed by atoms with Gasteiger partial charge in [-0.25, -0.2) is 0 Å². The number of carbonyl (C=O) groups is 1. The monoisotopic (exact) mass is 342 g/mol. The van der Waals surface area contributed by atoms with Crippen molar-refractivity contribution in [3.8, 4) is 0 Å². The average molecular weight is 342 g/mol. The van der Waals surface area contributed by atoms with E-state index in [1.807, 2.05) is 24.4 Å². The van der Waals surface area contributed by atoms with E-state index in [0.717, 1.165) is 17.0 Å². The fourth-order valence-corrected chi connectivity index (χ4v) is 2.87. The molecule has 0 saturated carbocycles. The minimum Gasteiger partial charge on any atom is -0.376 e. The first kappa shape index (κ1) is 17.3. The number of amides is 1. The van der Waals surface area contributed by atoms with Crippen LogP contribution in [0, 0.1) is 0 Å². The molecule has 1 atom stereocenters. The highest BCUT2D eigenvalue weighted by Crippen LogP contribution is 2.30. The predicted octanol–water partition coefficient (Wildman–Crippen LogP) is 4.40. The summed E-state index contributed by atoms with van der Waals surface area (Å²) >= 11 is 1.56. The second-order valence-corrected chi connectivity index (χ2v) is 6.11. The number of carbonyl (C=O) groups excluding carboxylic acids is 1. The summed E-state index contributed by atoms with van der Waals surface area (Å²) in [5.74, 6) is -0.191. The number of thiophene rings is 1. The molecular weight excluding hydrogens is 325 g/mol. The van der Waals surface area contributed by atoms with Gasteiger partial charge in [0.25, 0.3) is 0 Å². The smallest absolute Gasteiger partial charge is 0.376 e. The van der Waals surface area contributed by atoms with Crippen LogP contribution in [0.5, 0.6) is 0 Å². The van der Waals surface area contributed by atoms with Crippen molar-refractivity contribution in [2.45, 2.75) is 19.1 Å². The third-order valence-electron chi connectivity index (χ3n) is 3.56. The van der Waals surface area contributed by atoms with Crippen molar-refractivity contribution in [1.82, 2.24) is 4.90 Å². The Morgan fingerprint density at radius 3 is 2.65 bits per heavy atom. The molecule has 23 heavy (non-hydrogen) atoms. The van der Waals surface area contributed by atoms with E-state index in [4.69, 9.17) is 0 Å². The van der Waals surface area contributed by atoms with Crippen LogP contribution in [0.2, 0.25) is 0 Å². The number of anilines is 1. The Balaban J connectivity index is 1.96. The summed E-state index contributed by atoms with van der Waals surface area (Å²) in [6.07, 6.45) is -4.40. The molecule has 0 aliphatic rings. The quantitative estimate of drug-likeness (QED) is 0.873. The van der Waals surface area contributed by atoms with Gasteiger partial charge in [0.1, 0.15) is 0 Å². The van der Waals surface area contributed by atoms with Crippen molar-refractivity contribution in [2.75, 3.05) is 18.9 Å². The SMILES string of the molecule is CC(c1cccs1)N(C)C(=O)CNc1cccc(C(F)(F)F)c1. The summed E-state index contributed by atoms with van der Waals surface area (Å²) in [5, 5.41) is 4.69. The van der Waals surface area contributed by atoms with Crippen LogP contribution in [-0.2, 0) is 11.0 Å². The molecule has 2 aromatic rings. The zero-order chi connectivity index (χ0) is 17.0. The van der Waals surface area contributed by atoms with E-state index in [0.29, 0.717) is 0 Å². The normalized spacial score (nSPS) is 12.7. The van der Waals surface area contributed by atoms with Crippen molar-refractivity contribution in [2.24, 2.45) is 0 Å². The van der Waals surface area contributed by atoms with Gasteiger partial charge in [-0.2, -0.15) is 13.2 Å². The first-order chi connectivity index (χ1) is 10.8. The van der Waals surface area contributed by atoms with Crippen molar-refractivity contribution in [1.29, 1.82) is 0 Å². The summed E-state index contributed by atoms with van der Waals surface area (Å²) < 4.78 is 38.0. The van der Waals surface area contributed by atoms with Gasteiger partial charge in [0.15, 0.2) is 0 Å². The maximum atomic E-state index is 12.7. The lowest BCUT2D eigenvalue weighted by atomic mass is 10.2. The second kappa shape index (κ2) is 7.04. The van der Waals surface area contributed by atoms with Crippen LogP contribution in [0.25, 0.3) is 0 Å². The van der Waals surface area contributed by atoms with Gasteiger partial charge in [0.05, 0.1) is 18.2 Å². The van der Waals surface area contributed by atoms with E-state index in [1.54, 1.807) is 23.3 Å². The maximum absolute atomic E-state index is 12.7. The number of rotatable bonds is 5. The molecule has 0 spiro atoms. The minimum atomic E-state index is -4.40. The first-order valence-electron chi connectivity index (χ1n) is 6.99. The molecule has 1 heterocycles. The zero-order valence-corrected chi connectivity index (χ0v) is 13.5. The third-order valence-corrected chi connectivity index (χ3v) is 4.61. The first-order valence-corrected chi connectivity index (χ1v) is 7.87. The third kappa shape index (κ3) is 4.48. The van der Waals surface area contributed by atoms with Gasteiger partial charge in [0.2, 0.25) is 5.91 Å². The molecule has 1 amide bonds. The largest absolute Gasteiger partial charge is 0.416 e. The number of halogens is 3. The fourth-order valence-electron chi connectivity index (χ4n) is 2.04. The van der Waals surface area contributed by atoms with Crippen LogP contribution >= 0.6 is 11.3 Å². The van der Waals surface area contributed by atoms with Gasteiger partial charge < -0.3 is 10.2 Å². The molecule has 1 aromatic carbocycles. The van der Waals surface area contributed by atoms with Crippen molar-refractivity contribution in [3.05, 3.63) is 52.2 Å². The molecule has 2 rings (SSSR count). The standard InChI is InChI=1S/C16H17F3N2OS/c1-11(14-7-4-8-23-14)21(2)15(22)10-20-13-6-3-5-12(9-13)16(17,18)19/h3-9,11,20H,10H2,1-2H3. The van der Waals surface area contributed by atoms with Gasteiger partial charge in [-0.3, -0.25) is 4.79 Å². The van der Waals surface area contributed by atoms with Crippen molar-refractivity contribution in [3.63, 3.8) is 0 Å². The Hall–Kier alpha value is -2.02. The molecule has 1 aromatic heterocycles. The number of hydrogen-bond acceptors (Lipinski definition) is 3. The highest BCUT2D eigenvalue weighted by molar-refractivity contribution is 7.10. The number of alkyl halides is 3. The number of nitrogens with zero attached hydrogens (tertiary/aromatic N) is 1. The van der Waals surface area contributed by atoms with E-state index < -0.39 is 11.7 Å². The molecule has 0 saturated heterocycles. The minimum absolute atomic E-state index is 0.0620. The second-order valence-electron chi connectivity index (χ2n) is 5.13. The number of benzene rings is 1. The number of hydrogen-bond donors (Lipinski definition) is 1. The van der Waals surface area contributed by atoms with Crippen LogP contribution < -0.4 is 5.32 Å². The van der Waals surface area contributed by atoms with Crippen molar-refractivity contribution >= 4 is 22.9 Å². The van der Waals surface area contributed by atoms with Gasteiger partial charge in [-0.05, 0) is 36.6 Å². The Morgan fingerprint density at radius 2 is 2.04 bits per heavy atom. The van der Waals surface area contributed by atoms with E-state index in [-0.39, 0.29) is 24.2 Å². The van der Waals surface area contributed by atoms with E-state index >= 15 is 0 Å². The zero-order valence-electron chi connectivity index (χ0n) is 12.7. The highest BCUT2D eigenvalue weighted by Gasteiger charge is 2.30. The summed E-state index contributed by atoms with van der Waals surface area (Å²) in [4.78, 5) is 14.8. The average Bonchev–Trinajstić information content (AvgIpc) is 3.05. The Labute approximate surface area is 136 Å². The van der Waals surface area contributed by atoms with Crippen LogP contribution in [0.4, 0.5) is 18.9 Å². The highest BCUT2D eigenvalue weighted by atomic mass is 32.1. The predicted molar refractivity (Wildman–Crippen MR) is 85.4 cm³/mol. The molecule has 1 unspecified atom stereocenters. The Bertz CT molecular complexity index is 656. The Morgan fingerprint density at radius 1 is 1.30 bits per heavy atom. The molecule has 1 N–H and O–H groups in total.